The molecule has 4 rings (SSSR count). The minimum absolute atomic E-state index is 0.201. The van der Waals surface area contributed by atoms with Gasteiger partial charge < -0.3 is 10.2 Å². The fraction of sp³-hybridized carbons (Fsp3) is 0.350. The largest absolute Gasteiger partial charge is 0.355 e. The summed E-state index contributed by atoms with van der Waals surface area (Å²) >= 11 is 1.28. The Morgan fingerprint density at radius 3 is 2.68 bits per heavy atom. The Labute approximate surface area is 183 Å². The summed E-state index contributed by atoms with van der Waals surface area (Å²) in [7, 11) is 3.59. The third-order valence-electron chi connectivity index (χ3n) is 5.00. The van der Waals surface area contributed by atoms with Crippen LogP contribution >= 0.6 is 11.3 Å². The van der Waals surface area contributed by atoms with Crippen LogP contribution in [0.3, 0.4) is 0 Å². The van der Waals surface area contributed by atoms with Crippen LogP contribution in [-0.2, 0) is 4.79 Å². The van der Waals surface area contributed by atoms with E-state index in [0.717, 1.165) is 25.3 Å². The molecule has 0 radical (unpaired) electrons. The number of carbonyl (C=O) groups is 1. The van der Waals surface area contributed by atoms with E-state index in [0.29, 0.717) is 15.8 Å². The van der Waals surface area contributed by atoms with Gasteiger partial charge in [-0.3, -0.25) is 15.0 Å². The van der Waals surface area contributed by atoms with Crippen molar-refractivity contribution in [3.63, 3.8) is 0 Å². The van der Waals surface area contributed by atoms with Crippen molar-refractivity contribution < 1.29 is 9.18 Å². The van der Waals surface area contributed by atoms with Crippen molar-refractivity contribution in [3.8, 4) is 0 Å². The first-order valence-electron chi connectivity index (χ1n) is 9.85. The molecule has 2 N–H and O–H groups in total. The van der Waals surface area contributed by atoms with E-state index in [1.54, 1.807) is 37.3 Å². The first kappa shape index (κ1) is 21.1. The number of rotatable bonds is 7. The molecular formula is C20H23FN8OS. The van der Waals surface area contributed by atoms with Crippen molar-refractivity contribution in [2.75, 3.05) is 42.7 Å². The average molecular weight is 443 g/mol. The second-order valence-electron chi connectivity index (χ2n) is 7.48. The summed E-state index contributed by atoms with van der Waals surface area (Å²) in [5, 5.41) is 23.6. The van der Waals surface area contributed by atoms with Gasteiger partial charge in [0, 0.05) is 25.3 Å². The molecule has 1 amide bonds. The molecular weight excluding hydrogens is 419 g/mol. The van der Waals surface area contributed by atoms with E-state index in [1.807, 2.05) is 12.1 Å². The summed E-state index contributed by atoms with van der Waals surface area (Å²) in [4.78, 5) is 16.8. The molecule has 1 aromatic carbocycles. The van der Waals surface area contributed by atoms with Crippen LogP contribution in [-0.4, -0.2) is 64.4 Å². The molecule has 31 heavy (non-hydrogen) atoms. The number of aromatic nitrogens is 4. The van der Waals surface area contributed by atoms with Crippen LogP contribution in [0.15, 0.2) is 42.6 Å². The van der Waals surface area contributed by atoms with Crippen LogP contribution in [0.2, 0.25) is 0 Å². The molecule has 2 aromatic heterocycles. The quantitative estimate of drug-likeness (QED) is 0.576. The number of hydrogen-bond donors (Lipinski definition) is 2. The van der Waals surface area contributed by atoms with Gasteiger partial charge in [0.05, 0.1) is 0 Å². The van der Waals surface area contributed by atoms with Crippen molar-refractivity contribution in [2.24, 2.45) is 0 Å². The van der Waals surface area contributed by atoms with E-state index >= 15 is 0 Å². The van der Waals surface area contributed by atoms with E-state index in [2.05, 4.69) is 35.9 Å². The number of halogens is 1. The number of nitrogens with zero attached hydrogens (tertiary/aromatic N) is 6. The van der Waals surface area contributed by atoms with Gasteiger partial charge in [0.15, 0.2) is 5.82 Å². The molecule has 3 aromatic rings. The number of amides is 1. The van der Waals surface area contributed by atoms with Crippen molar-refractivity contribution in [2.45, 2.75) is 18.5 Å². The Bertz CT molecular complexity index is 1010. The van der Waals surface area contributed by atoms with Crippen LogP contribution in [0.25, 0.3) is 0 Å². The Kier molecular flexibility index (Phi) is 6.33. The molecule has 0 saturated carbocycles. The predicted molar refractivity (Wildman–Crippen MR) is 118 cm³/mol. The molecule has 0 aliphatic carbocycles. The zero-order valence-electron chi connectivity index (χ0n) is 17.2. The second-order valence-corrected chi connectivity index (χ2v) is 8.45. The lowest BCUT2D eigenvalue weighted by atomic mass is 10.1. The highest BCUT2D eigenvalue weighted by Crippen LogP contribution is 2.26. The molecule has 1 unspecified atom stereocenters. The number of anilines is 3. The Morgan fingerprint density at radius 2 is 1.97 bits per heavy atom. The molecule has 1 aliphatic heterocycles. The Hall–Kier alpha value is -3.18. The average Bonchev–Trinajstić information content (AvgIpc) is 3.40. The van der Waals surface area contributed by atoms with E-state index in [-0.39, 0.29) is 17.8 Å². The third kappa shape index (κ3) is 5.12. The Balaban J connectivity index is 1.36. The van der Waals surface area contributed by atoms with Crippen molar-refractivity contribution in [3.05, 3.63) is 54.0 Å². The number of hydrogen-bond acceptors (Lipinski definition) is 9. The molecule has 2 atom stereocenters. The van der Waals surface area contributed by atoms with E-state index < -0.39 is 6.04 Å². The lowest BCUT2D eigenvalue weighted by Gasteiger charge is -2.23. The second kappa shape index (κ2) is 9.31. The fourth-order valence-electron chi connectivity index (χ4n) is 3.56. The van der Waals surface area contributed by atoms with E-state index in [9.17, 15) is 9.18 Å². The summed E-state index contributed by atoms with van der Waals surface area (Å²) in [6, 6.07) is 9.34. The van der Waals surface area contributed by atoms with Crippen LogP contribution in [0, 0.1) is 5.82 Å². The topological polar surface area (TPSA) is 99.2 Å². The minimum atomic E-state index is -0.573. The molecule has 9 nitrogen and oxygen atoms in total. The van der Waals surface area contributed by atoms with Gasteiger partial charge in [0.1, 0.15) is 11.9 Å². The highest BCUT2D eigenvalue weighted by molar-refractivity contribution is 7.19. The predicted octanol–water partition coefficient (Wildman–Crippen LogP) is 2.40. The van der Waals surface area contributed by atoms with Crippen LogP contribution in [0.1, 0.15) is 18.0 Å². The highest BCUT2D eigenvalue weighted by Gasteiger charge is 2.26. The van der Waals surface area contributed by atoms with Crippen LogP contribution in [0.5, 0.6) is 0 Å². The first-order chi connectivity index (χ1) is 15.0. The van der Waals surface area contributed by atoms with E-state index in [4.69, 9.17) is 0 Å². The zero-order valence-corrected chi connectivity index (χ0v) is 18.0. The van der Waals surface area contributed by atoms with Gasteiger partial charge in [-0.1, -0.05) is 23.5 Å². The van der Waals surface area contributed by atoms with Gasteiger partial charge in [-0.05, 0) is 50.3 Å². The summed E-state index contributed by atoms with van der Waals surface area (Å²) in [5.74, 6) is 0.257. The molecule has 0 spiro atoms. The maximum atomic E-state index is 13.2. The zero-order chi connectivity index (χ0) is 21.8. The van der Waals surface area contributed by atoms with Crippen molar-refractivity contribution in [1.82, 2.24) is 25.3 Å². The van der Waals surface area contributed by atoms with Crippen LogP contribution < -0.4 is 15.5 Å². The molecule has 3 heterocycles. The maximum Gasteiger partial charge on any atom is 0.248 e. The number of carbonyl (C=O) groups excluding carboxylic acids is 1. The van der Waals surface area contributed by atoms with Gasteiger partial charge in [-0.25, -0.2) is 4.39 Å². The van der Waals surface area contributed by atoms with Crippen molar-refractivity contribution in [1.29, 1.82) is 0 Å². The smallest absolute Gasteiger partial charge is 0.248 e. The lowest BCUT2D eigenvalue weighted by molar-refractivity contribution is -0.120. The monoisotopic (exact) mass is 442 g/mol. The molecule has 1 saturated heterocycles. The van der Waals surface area contributed by atoms with Gasteiger partial charge in [-0.2, -0.15) is 5.10 Å². The van der Waals surface area contributed by atoms with Crippen LogP contribution in [0.4, 0.5) is 20.5 Å². The Morgan fingerprint density at radius 1 is 1.19 bits per heavy atom. The first-order valence-corrected chi connectivity index (χ1v) is 10.7. The number of nitrogens with one attached hydrogen (secondary N) is 2. The van der Waals surface area contributed by atoms with Gasteiger partial charge in [0.25, 0.3) is 0 Å². The third-order valence-corrected chi connectivity index (χ3v) is 5.77. The molecule has 162 valence electrons. The summed E-state index contributed by atoms with van der Waals surface area (Å²) in [6.07, 6.45) is 2.59. The molecule has 0 bridgehead atoms. The standard InChI is InChI=1S/C20H23FN8OS/c1-28(2)17(13-5-7-14(21)8-6-13)18(30)24-20-27-26-19(31-20)23-15-9-11-29(12-15)16-4-3-10-22-25-16/h3-8,10,15,17H,9,11-12H2,1-2H3,(H,23,26)(H,24,27,30)/t15?,17-/m1/s1. The molecule has 1 aliphatic rings. The van der Waals surface area contributed by atoms with E-state index in [1.165, 1.54) is 23.5 Å². The minimum Gasteiger partial charge on any atom is -0.355 e. The van der Waals surface area contributed by atoms with Gasteiger partial charge in [-0.15, -0.1) is 15.3 Å². The van der Waals surface area contributed by atoms with Crippen molar-refractivity contribution >= 4 is 33.3 Å². The number of benzene rings is 1. The van der Waals surface area contributed by atoms with Gasteiger partial charge in [0.2, 0.25) is 16.2 Å². The number of likely N-dealkylation sites (N-methyl/N-ethyl adjacent to an activating group) is 1. The summed E-state index contributed by atoms with van der Waals surface area (Å²) in [6.45, 7) is 1.66. The SMILES string of the molecule is CN(C)[C@@H](C(=O)Nc1nnc(NC2CCN(c3cccnn3)C2)s1)c1ccc(F)cc1. The molecule has 1 fully saturated rings. The summed E-state index contributed by atoms with van der Waals surface area (Å²) < 4.78 is 13.2. The lowest BCUT2D eigenvalue weighted by Crippen LogP contribution is -2.32. The normalized spacial score (nSPS) is 17.0. The fourth-order valence-corrected chi connectivity index (χ4v) is 4.28. The highest BCUT2D eigenvalue weighted by atomic mass is 32.1. The van der Waals surface area contributed by atoms with Gasteiger partial charge >= 0.3 is 0 Å². The summed E-state index contributed by atoms with van der Waals surface area (Å²) in [5.41, 5.74) is 0.696. The maximum absolute atomic E-state index is 13.2. The molecule has 11 heteroatoms.